The number of rotatable bonds is 17. The van der Waals surface area contributed by atoms with Gasteiger partial charge in [-0.25, -0.2) is 0 Å². The molecule has 2 rings (SSSR count). The average molecular weight is 567 g/mol. The van der Waals surface area contributed by atoms with E-state index in [4.69, 9.17) is 14.2 Å². The third-order valence-electron chi connectivity index (χ3n) is 7.02. The molecule has 2 atom stereocenters. The summed E-state index contributed by atoms with van der Waals surface area (Å²) in [6, 6.07) is 0.686. The zero-order valence-corrected chi connectivity index (χ0v) is 27.5. The molecule has 234 valence electrons. The number of unbranched alkanes of at least 4 members (excludes halogenated alkanes) is 4. The third kappa shape index (κ3) is 19.3. The van der Waals surface area contributed by atoms with E-state index < -0.39 is 0 Å². The highest BCUT2D eigenvalue weighted by Gasteiger charge is 2.28. The van der Waals surface area contributed by atoms with Gasteiger partial charge in [0.05, 0.1) is 34.3 Å². The summed E-state index contributed by atoms with van der Waals surface area (Å²) in [6.45, 7) is 22.1. The zero-order valence-electron chi connectivity index (χ0n) is 27.5. The van der Waals surface area contributed by atoms with Crippen molar-refractivity contribution in [2.24, 2.45) is 5.92 Å². The lowest BCUT2D eigenvalue weighted by Crippen LogP contribution is -2.37. The number of likely N-dealkylation sites (tertiary alicyclic amines) is 1. The number of quaternary nitrogens is 1. The van der Waals surface area contributed by atoms with Crippen molar-refractivity contribution in [1.82, 2.24) is 9.80 Å². The average Bonchev–Trinajstić information content (AvgIpc) is 3.53. The van der Waals surface area contributed by atoms with E-state index >= 15 is 0 Å². The highest BCUT2D eigenvalue weighted by molar-refractivity contribution is 5.46. The van der Waals surface area contributed by atoms with Crippen molar-refractivity contribution in [3.05, 3.63) is 36.3 Å². The molecule has 2 aliphatic rings. The van der Waals surface area contributed by atoms with Gasteiger partial charge in [-0.15, -0.1) is 0 Å². The molecule has 40 heavy (non-hydrogen) atoms. The van der Waals surface area contributed by atoms with Gasteiger partial charge >= 0.3 is 0 Å². The van der Waals surface area contributed by atoms with Gasteiger partial charge in [-0.2, -0.15) is 0 Å². The standard InChI is InChI=1S/C14H29NO.C11H25N2O.C8H10O2/c1-4-6-7-8-9-16-12-14-10-13(3)11-15(14)5-2;1-5-6-8-12(11-14)9-7-10-13(2,3)4;1-3-5-8-7(4-2)9-6-10-8/h13-14H,4-12H2,1-3H3;11H,5-10H2,1-4H3;3-5H,1,6H2,2H3/q;+1;/b;;7-4+,8-5+. The molecule has 0 N–H and O–H groups in total. The van der Waals surface area contributed by atoms with Crippen molar-refractivity contribution in [3.8, 4) is 0 Å². The van der Waals surface area contributed by atoms with Crippen molar-refractivity contribution in [2.75, 3.05) is 73.9 Å². The summed E-state index contributed by atoms with van der Waals surface area (Å²) in [6.07, 6.45) is 16.2. The quantitative estimate of drug-likeness (QED) is 0.113. The Kier molecular flexibility index (Phi) is 22.7. The van der Waals surface area contributed by atoms with E-state index in [0.717, 1.165) is 80.4 Å². The Morgan fingerprint density at radius 1 is 1.02 bits per heavy atom. The first-order valence-corrected chi connectivity index (χ1v) is 15.7. The largest absolute Gasteiger partial charge is 0.454 e. The molecule has 0 aromatic heterocycles. The number of ether oxygens (including phenoxy) is 3. The lowest BCUT2D eigenvalue weighted by molar-refractivity contribution is -0.870. The Morgan fingerprint density at radius 3 is 2.27 bits per heavy atom. The summed E-state index contributed by atoms with van der Waals surface area (Å²) in [7, 11) is 6.53. The van der Waals surface area contributed by atoms with Gasteiger partial charge in [-0.05, 0) is 50.8 Å². The number of carbonyl (C=O) groups excluding carboxylic acids is 1. The van der Waals surface area contributed by atoms with E-state index in [1.54, 1.807) is 12.2 Å². The summed E-state index contributed by atoms with van der Waals surface area (Å²) in [5, 5.41) is 0. The van der Waals surface area contributed by atoms with E-state index in [2.05, 4.69) is 60.3 Å². The van der Waals surface area contributed by atoms with Crippen LogP contribution in [0.4, 0.5) is 0 Å². The molecule has 0 bridgehead atoms. The Balaban J connectivity index is 0.000000585. The summed E-state index contributed by atoms with van der Waals surface area (Å²) < 4.78 is 17.0. The highest BCUT2D eigenvalue weighted by Crippen LogP contribution is 2.22. The number of nitrogens with zero attached hydrogens (tertiary/aromatic N) is 3. The van der Waals surface area contributed by atoms with Crippen LogP contribution in [0.5, 0.6) is 0 Å². The van der Waals surface area contributed by atoms with Crippen LogP contribution in [0.15, 0.2) is 36.3 Å². The molecule has 2 aliphatic heterocycles. The fourth-order valence-electron chi connectivity index (χ4n) is 4.74. The Labute approximate surface area is 247 Å². The van der Waals surface area contributed by atoms with Crippen molar-refractivity contribution in [2.45, 2.75) is 92.0 Å². The summed E-state index contributed by atoms with van der Waals surface area (Å²) in [5.41, 5.74) is 0. The van der Waals surface area contributed by atoms with Crippen LogP contribution in [-0.4, -0.2) is 101 Å². The van der Waals surface area contributed by atoms with Gasteiger partial charge in [0.2, 0.25) is 13.2 Å². The third-order valence-corrected chi connectivity index (χ3v) is 7.02. The van der Waals surface area contributed by atoms with E-state index in [0.29, 0.717) is 12.8 Å². The maximum Gasteiger partial charge on any atom is 0.231 e. The van der Waals surface area contributed by atoms with Gasteiger partial charge in [0.1, 0.15) is 0 Å². The number of likely N-dealkylation sites (N-methyl/N-ethyl adjacent to an activating group) is 1. The number of carbonyl (C=O) groups is 1. The second kappa shape index (κ2) is 23.8. The molecule has 2 fully saturated rings. The van der Waals surface area contributed by atoms with Gasteiger partial charge in [-0.1, -0.05) is 66.0 Å². The molecule has 0 aliphatic carbocycles. The number of amides is 1. The van der Waals surface area contributed by atoms with Crippen molar-refractivity contribution in [3.63, 3.8) is 0 Å². The Bertz CT molecular complexity index is 702. The van der Waals surface area contributed by atoms with E-state index in [9.17, 15) is 4.79 Å². The molecule has 0 spiro atoms. The Hall–Kier alpha value is -1.83. The predicted molar refractivity (Wildman–Crippen MR) is 169 cm³/mol. The second-order valence-electron chi connectivity index (χ2n) is 11.9. The molecule has 0 radical (unpaired) electrons. The second-order valence-corrected chi connectivity index (χ2v) is 11.9. The minimum Gasteiger partial charge on any atom is -0.454 e. The van der Waals surface area contributed by atoms with Crippen LogP contribution in [0.3, 0.4) is 0 Å². The highest BCUT2D eigenvalue weighted by atomic mass is 16.7. The first-order valence-electron chi connectivity index (χ1n) is 15.7. The fourth-order valence-corrected chi connectivity index (χ4v) is 4.74. The van der Waals surface area contributed by atoms with Gasteiger partial charge in [0.15, 0.2) is 11.5 Å². The molecule has 0 saturated carbocycles. The smallest absolute Gasteiger partial charge is 0.231 e. The summed E-state index contributed by atoms with van der Waals surface area (Å²) in [4.78, 5) is 15.1. The molecule has 7 nitrogen and oxygen atoms in total. The molecule has 2 saturated heterocycles. The van der Waals surface area contributed by atoms with Crippen LogP contribution in [0.1, 0.15) is 86.0 Å². The van der Waals surface area contributed by atoms with Crippen LogP contribution < -0.4 is 0 Å². The maximum absolute atomic E-state index is 10.7. The van der Waals surface area contributed by atoms with Crippen molar-refractivity contribution >= 4 is 6.41 Å². The van der Waals surface area contributed by atoms with Crippen LogP contribution in [0.25, 0.3) is 0 Å². The van der Waals surface area contributed by atoms with Crippen LogP contribution in [-0.2, 0) is 19.0 Å². The SMILES string of the molecule is C=C/C=C1/OCO/C1=C/C.CCCCCCOCC1CC(C)CN1CC.CCCCN(C=O)CCC[N+](C)(C)C. The van der Waals surface area contributed by atoms with Gasteiger partial charge < -0.3 is 23.6 Å². The van der Waals surface area contributed by atoms with E-state index in [-0.39, 0.29) is 0 Å². The Morgan fingerprint density at radius 2 is 1.70 bits per heavy atom. The van der Waals surface area contributed by atoms with Crippen molar-refractivity contribution in [1.29, 1.82) is 0 Å². The lowest BCUT2D eigenvalue weighted by atomic mass is 10.1. The monoisotopic (exact) mass is 566 g/mol. The minimum absolute atomic E-state index is 0.319. The number of hydrogen-bond donors (Lipinski definition) is 0. The summed E-state index contributed by atoms with van der Waals surface area (Å²) >= 11 is 0. The molecule has 0 aromatic rings. The van der Waals surface area contributed by atoms with E-state index in [1.807, 2.05) is 17.9 Å². The molecule has 0 aromatic carbocycles. The van der Waals surface area contributed by atoms with Crippen LogP contribution >= 0.6 is 0 Å². The molecular formula is C33H64N3O4+. The topological polar surface area (TPSA) is 51.2 Å². The van der Waals surface area contributed by atoms with Gasteiger partial charge in [0.25, 0.3) is 0 Å². The molecule has 2 heterocycles. The lowest BCUT2D eigenvalue weighted by Gasteiger charge is -2.25. The normalized spacial score (nSPS) is 20.7. The summed E-state index contributed by atoms with van der Waals surface area (Å²) in [5.74, 6) is 2.41. The minimum atomic E-state index is 0.319. The van der Waals surface area contributed by atoms with Crippen molar-refractivity contribution < 1.29 is 23.5 Å². The number of allylic oxidation sites excluding steroid dienone is 3. The van der Waals surface area contributed by atoms with Crippen LogP contribution in [0.2, 0.25) is 0 Å². The fraction of sp³-hybridized carbons (Fsp3) is 0.788. The number of hydrogen-bond acceptors (Lipinski definition) is 5. The molecule has 2 unspecified atom stereocenters. The van der Waals surface area contributed by atoms with Crippen LogP contribution in [0, 0.1) is 5.92 Å². The van der Waals surface area contributed by atoms with Gasteiger partial charge in [0, 0.05) is 38.7 Å². The predicted octanol–water partition coefficient (Wildman–Crippen LogP) is 6.62. The maximum atomic E-state index is 10.7. The van der Waals surface area contributed by atoms with Gasteiger partial charge in [-0.3, -0.25) is 9.69 Å². The molecular weight excluding hydrogens is 502 g/mol. The first-order chi connectivity index (χ1) is 19.1. The zero-order chi connectivity index (χ0) is 30.2. The molecule has 1 amide bonds. The molecule has 7 heteroatoms. The van der Waals surface area contributed by atoms with E-state index in [1.165, 1.54) is 45.2 Å². The first kappa shape index (κ1) is 38.2.